The van der Waals surface area contributed by atoms with E-state index in [2.05, 4.69) is 15.6 Å². The summed E-state index contributed by atoms with van der Waals surface area (Å²) >= 11 is 5.70. The van der Waals surface area contributed by atoms with Gasteiger partial charge < -0.3 is 10.6 Å². The fourth-order valence-corrected chi connectivity index (χ4v) is 2.97. The van der Waals surface area contributed by atoms with Crippen LogP contribution in [0.1, 0.15) is 46.7 Å². The molecule has 1 fully saturated rings. The lowest BCUT2D eigenvalue weighted by atomic mass is 10.2. The molecular formula is C18H17ClFN3O2. The van der Waals surface area contributed by atoms with Crippen LogP contribution in [0.25, 0.3) is 0 Å². The van der Waals surface area contributed by atoms with E-state index in [4.69, 9.17) is 11.6 Å². The molecule has 5 nitrogen and oxygen atoms in total. The van der Waals surface area contributed by atoms with Gasteiger partial charge in [-0.2, -0.15) is 0 Å². The van der Waals surface area contributed by atoms with Crippen LogP contribution in [-0.4, -0.2) is 22.8 Å². The van der Waals surface area contributed by atoms with Gasteiger partial charge in [0.05, 0.1) is 5.02 Å². The van der Waals surface area contributed by atoms with Crippen LogP contribution in [0.3, 0.4) is 0 Å². The van der Waals surface area contributed by atoms with Crippen molar-refractivity contribution in [2.45, 2.75) is 31.7 Å². The number of hydrogen-bond donors (Lipinski definition) is 2. The molecule has 1 aliphatic rings. The lowest BCUT2D eigenvalue weighted by Gasteiger charge is -2.12. The standard InChI is InChI=1S/C18H17ClFN3O2/c19-13-10-12(8-9-14(13)20)22-18(25)16-7-3-6-15(23-16)17(24)21-11-4-1-2-5-11/h3,6-11H,1-2,4-5H2,(H,21,24)(H,22,25). The molecule has 2 N–H and O–H groups in total. The van der Waals surface area contributed by atoms with Crippen LogP contribution in [0.5, 0.6) is 0 Å². The maximum atomic E-state index is 13.2. The molecule has 0 unspecified atom stereocenters. The van der Waals surface area contributed by atoms with Crippen LogP contribution in [0.4, 0.5) is 10.1 Å². The van der Waals surface area contributed by atoms with Gasteiger partial charge >= 0.3 is 0 Å². The van der Waals surface area contributed by atoms with Gasteiger partial charge in [0.15, 0.2) is 0 Å². The Kier molecular flexibility index (Phi) is 5.28. The Bertz CT molecular complexity index is 807. The number of aromatic nitrogens is 1. The van der Waals surface area contributed by atoms with Crippen LogP contribution in [-0.2, 0) is 0 Å². The van der Waals surface area contributed by atoms with E-state index < -0.39 is 11.7 Å². The average Bonchev–Trinajstić information content (AvgIpc) is 3.11. The van der Waals surface area contributed by atoms with E-state index in [1.807, 2.05) is 0 Å². The second kappa shape index (κ2) is 7.61. The summed E-state index contributed by atoms with van der Waals surface area (Å²) in [4.78, 5) is 28.7. The third-order valence-electron chi connectivity index (χ3n) is 4.08. The monoisotopic (exact) mass is 361 g/mol. The highest BCUT2D eigenvalue weighted by molar-refractivity contribution is 6.31. The molecule has 1 saturated carbocycles. The van der Waals surface area contributed by atoms with Gasteiger partial charge in [-0.3, -0.25) is 9.59 Å². The first-order chi connectivity index (χ1) is 12.0. The van der Waals surface area contributed by atoms with Crippen LogP contribution >= 0.6 is 11.6 Å². The van der Waals surface area contributed by atoms with E-state index in [1.165, 1.54) is 18.2 Å². The molecule has 1 aliphatic carbocycles. The maximum Gasteiger partial charge on any atom is 0.274 e. The van der Waals surface area contributed by atoms with Crippen LogP contribution < -0.4 is 10.6 Å². The molecule has 0 radical (unpaired) electrons. The van der Waals surface area contributed by atoms with Gasteiger partial charge in [0.2, 0.25) is 0 Å². The van der Waals surface area contributed by atoms with Crippen molar-refractivity contribution in [2.24, 2.45) is 0 Å². The van der Waals surface area contributed by atoms with Crippen molar-refractivity contribution in [3.8, 4) is 0 Å². The fourth-order valence-electron chi connectivity index (χ4n) is 2.79. The Morgan fingerprint density at radius 2 is 1.76 bits per heavy atom. The number of carbonyl (C=O) groups excluding carboxylic acids is 2. The molecule has 0 saturated heterocycles. The molecule has 1 aromatic carbocycles. The zero-order chi connectivity index (χ0) is 17.8. The Morgan fingerprint density at radius 3 is 2.44 bits per heavy atom. The average molecular weight is 362 g/mol. The lowest BCUT2D eigenvalue weighted by Crippen LogP contribution is -2.33. The molecule has 0 atom stereocenters. The first kappa shape index (κ1) is 17.4. The van der Waals surface area contributed by atoms with E-state index in [9.17, 15) is 14.0 Å². The van der Waals surface area contributed by atoms with Crippen molar-refractivity contribution in [1.29, 1.82) is 0 Å². The highest BCUT2D eigenvalue weighted by atomic mass is 35.5. The summed E-state index contributed by atoms with van der Waals surface area (Å²) < 4.78 is 13.2. The molecule has 2 amide bonds. The summed E-state index contributed by atoms with van der Waals surface area (Å²) in [5.41, 5.74) is 0.634. The normalized spacial score (nSPS) is 14.3. The lowest BCUT2D eigenvalue weighted by molar-refractivity contribution is 0.0932. The number of amides is 2. The Hall–Kier alpha value is -2.47. The molecule has 3 rings (SSSR count). The SMILES string of the molecule is O=C(Nc1ccc(F)c(Cl)c1)c1cccc(C(=O)NC2CCCC2)n1. The van der Waals surface area contributed by atoms with Gasteiger partial charge in [0.25, 0.3) is 11.8 Å². The number of rotatable bonds is 4. The number of hydrogen-bond acceptors (Lipinski definition) is 3. The predicted molar refractivity (Wildman–Crippen MR) is 93.3 cm³/mol. The second-order valence-corrected chi connectivity index (χ2v) is 6.35. The summed E-state index contributed by atoms with van der Waals surface area (Å²) in [5, 5.41) is 5.43. The highest BCUT2D eigenvalue weighted by Gasteiger charge is 2.19. The Balaban J connectivity index is 1.70. The minimum absolute atomic E-state index is 0.0875. The summed E-state index contributed by atoms with van der Waals surface area (Å²) in [7, 11) is 0. The topological polar surface area (TPSA) is 71.1 Å². The third kappa shape index (κ3) is 4.33. The number of carbonyl (C=O) groups is 2. The highest BCUT2D eigenvalue weighted by Crippen LogP contribution is 2.20. The molecular weight excluding hydrogens is 345 g/mol. The summed E-state index contributed by atoms with van der Waals surface area (Å²) in [6, 6.07) is 8.72. The molecule has 0 aliphatic heterocycles. The molecule has 1 heterocycles. The quantitative estimate of drug-likeness (QED) is 0.870. The van der Waals surface area contributed by atoms with Gasteiger partial charge in [-0.25, -0.2) is 9.37 Å². The minimum atomic E-state index is -0.566. The largest absolute Gasteiger partial charge is 0.348 e. The number of nitrogens with one attached hydrogen (secondary N) is 2. The number of anilines is 1. The van der Waals surface area contributed by atoms with Crippen molar-refractivity contribution in [3.05, 3.63) is 58.6 Å². The Labute approximate surface area is 149 Å². The third-order valence-corrected chi connectivity index (χ3v) is 4.37. The number of nitrogens with zero attached hydrogens (tertiary/aromatic N) is 1. The van der Waals surface area contributed by atoms with E-state index in [0.717, 1.165) is 31.7 Å². The van der Waals surface area contributed by atoms with Gasteiger partial charge in [-0.15, -0.1) is 0 Å². The second-order valence-electron chi connectivity index (χ2n) is 5.95. The molecule has 0 spiro atoms. The maximum absolute atomic E-state index is 13.2. The van der Waals surface area contributed by atoms with E-state index in [0.29, 0.717) is 5.69 Å². The molecule has 2 aromatic rings. The summed E-state index contributed by atoms with van der Waals surface area (Å²) in [6.45, 7) is 0. The molecule has 7 heteroatoms. The van der Waals surface area contributed by atoms with E-state index >= 15 is 0 Å². The van der Waals surface area contributed by atoms with Crippen molar-refractivity contribution < 1.29 is 14.0 Å². The Morgan fingerprint density at radius 1 is 1.08 bits per heavy atom. The van der Waals surface area contributed by atoms with Gasteiger partial charge in [0.1, 0.15) is 17.2 Å². The minimum Gasteiger partial charge on any atom is -0.348 e. The molecule has 130 valence electrons. The summed E-state index contributed by atoms with van der Waals surface area (Å²) in [6.07, 6.45) is 4.16. The van der Waals surface area contributed by atoms with Gasteiger partial charge in [0, 0.05) is 11.7 Å². The van der Waals surface area contributed by atoms with Crippen LogP contribution in [0, 0.1) is 5.82 Å². The number of benzene rings is 1. The van der Waals surface area contributed by atoms with Gasteiger partial charge in [-0.05, 0) is 43.2 Å². The zero-order valence-corrected chi connectivity index (χ0v) is 14.1. The number of pyridine rings is 1. The van der Waals surface area contributed by atoms with Crippen molar-refractivity contribution in [2.75, 3.05) is 5.32 Å². The van der Waals surface area contributed by atoms with E-state index in [1.54, 1.807) is 12.1 Å². The fraction of sp³-hybridized carbons (Fsp3) is 0.278. The van der Waals surface area contributed by atoms with Crippen LogP contribution in [0.2, 0.25) is 5.02 Å². The predicted octanol–water partition coefficient (Wildman–Crippen LogP) is 3.80. The number of halogens is 2. The molecule has 1 aromatic heterocycles. The summed E-state index contributed by atoms with van der Waals surface area (Å²) in [5.74, 6) is -1.35. The van der Waals surface area contributed by atoms with Crippen molar-refractivity contribution >= 4 is 29.1 Å². The van der Waals surface area contributed by atoms with E-state index in [-0.39, 0.29) is 28.4 Å². The first-order valence-electron chi connectivity index (χ1n) is 8.07. The zero-order valence-electron chi connectivity index (χ0n) is 13.4. The first-order valence-corrected chi connectivity index (χ1v) is 8.45. The molecule has 25 heavy (non-hydrogen) atoms. The van der Waals surface area contributed by atoms with Gasteiger partial charge in [-0.1, -0.05) is 30.5 Å². The van der Waals surface area contributed by atoms with Crippen LogP contribution in [0.15, 0.2) is 36.4 Å². The van der Waals surface area contributed by atoms with Crippen molar-refractivity contribution in [3.63, 3.8) is 0 Å². The molecule has 0 bridgehead atoms. The smallest absolute Gasteiger partial charge is 0.274 e. The van der Waals surface area contributed by atoms with Crippen molar-refractivity contribution in [1.82, 2.24) is 10.3 Å².